The smallest absolute Gasteiger partial charge is 0.225 e. The minimum Gasteiger partial charge on any atom is -0.281 e. The van der Waals surface area contributed by atoms with E-state index >= 15 is 0 Å². The Morgan fingerprint density at radius 2 is 2.00 bits per heavy atom. The van der Waals surface area contributed by atoms with Crippen LogP contribution < -0.4 is 0 Å². The summed E-state index contributed by atoms with van der Waals surface area (Å²) in [5.41, 5.74) is 1.17. The summed E-state index contributed by atoms with van der Waals surface area (Å²) in [6.07, 6.45) is 1.55. The first-order chi connectivity index (χ1) is 6.24. The Morgan fingerprint density at radius 3 is 2.46 bits per heavy atom. The van der Waals surface area contributed by atoms with Crippen molar-refractivity contribution in [2.75, 3.05) is 0 Å². The molecule has 0 aliphatic rings. The summed E-state index contributed by atoms with van der Waals surface area (Å²) in [4.78, 5) is 10.9. The summed E-state index contributed by atoms with van der Waals surface area (Å²) in [6, 6.07) is 9.94. The molecule has 2 heteroatoms. The highest BCUT2D eigenvalue weighted by Crippen LogP contribution is 2.14. The molecule has 0 aliphatic carbocycles. The monoisotopic (exact) mass is 196 g/mol. The van der Waals surface area contributed by atoms with Crippen LogP contribution in [0.15, 0.2) is 30.3 Å². The predicted molar refractivity (Wildman–Crippen MR) is 54.8 cm³/mol. The third-order valence-electron chi connectivity index (χ3n) is 2.14. The van der Waals surface area contributed by atoms with Gasteiger partial charge in [-0.3, -0.25) is 4.79 Å². The summed E-state index contributed by atoms with van der Waals surface area (Å²) in [5.74, 6) is -0.0379. The Kier molecular flexibility index (Phi) is 3.97. The molecule has 0 N–H and O–H groups in total. The number of benzene rings is 1. The standard InChI is InChI=1S/C11H13ClO/c1-2-10(11(12)13)8-9-6-4-3-5-7-9/h3-7,10H,2,8H2,1H3. The van der Waals surface area contributed by atoms with Gasteiger partial charge in [-0.1, -0.05) is 37.3 Å². The van der Waals surface area contributed by atoms with Crippen molar-refractivity contribution in [1.29, 1.82) is 0 Å². The third-order valence-corrected chi connectivity index (χ3v) is 2.45. The van der Waals surface area contributed by atoms with Crippen LogP contribution in [0.2, 0.25) is 0 Å². The van der Waals surface area contributed by atoms with Gasteiger partial charge in [-0.25, -0.2) is 0 Å². The van der Waals surface area contributed by atoms with Crippen molar-refractivity contribution in [3.8, 4) is 0 Å². The van der Waals surface area contributed by atoms with Crippen LogP contribution in [0.5, 0.6) is 0 Å². The number of carbonyl (C=O) groups is 1. The van der Waals surface area contributed by atoms with Gasteiger partial charge in [-0.2, -0.15) is 0 Å². The average Bonchev–Trinajstić information content (AvgIpc) is 2.15. The number of hydrogen-bond acceptors (Lipinski definition) is 1. The molecule has 1 rings (SSSR count). The van der Waals surface area contributed by atoms with Crippen molar-refractivity contribution < 1.29 is 4.79 Å². The molecule has 0 saturated carbocycles. The molecule has 0 aromatic heterocycles. The lowest BCUT2D eigenvalue weighted by Gasteiger charge is -2.08. The van der Waals surface area contributed by atoms with E-state index in [0.29, 0.717) is 0 Å². The van der Waals surface area contributed by atoms with Crippen molar-refractivity contribution in [1.82, 2.24) is 0 Å². The first-order valence-electron chi connectivity index (χ1n) is 4.47. The molecule has 0 aliphatic heterocycles. The van der Waals surface area contributed by atoms with Crippen LogP contribution in [0.1, 0.15) is 18.9 Å². The van der Waals surface area contributed by atoms with E-state index in [1.54, 1.807) is 0 Å². The molecule has 13 heavy (non-hydrogen) atoms. The molecule has 0 radical (unpaired) electrons. The highest BCUT2D eigenvalue weighted by atomic mass is 35.5. The number of halogens is 1. The molecule has 0 saturated heterocycles. The van der Waals surface area contributed by atoms with Crippen molar-refractivity contribution >= 4 is 16.8 Å². The Morgan fingerprint density at radius 1 is 1.38 bits per heavy atom. The summed E-state index contributed by atoms with van der Waals surface area (Å²) in [7, 11) is 0. The lowest BCUT2D eigenvalue weighted by atomic mass is 9.98. The van der Waals surface area contributed by atoms with Crippen molar-refractivity contribution in [3.05, 3.63) is 35.9 Å². The van der Waals surface area contributed by atoms with Gasteiger partial charge in [0.2, 0.25) is 5.24 Å². The van der Waals surface area contributed by atoms with E-state index in [4.69, 9.17) is 11.6 Å². The zero-order valence-corrected chi connectivity index (χ0v) is 8.42. The largest absolute Gasteiger partial charge is 0.281 e. The van der Waals surface area contributed by atoms with Crippen molar-refractivity contribution in [2.24, 2.45) is 5.92 Å². The maximum absolute atomic E-state index is 10.9. The second-order valence-corrected chi connectivity index (χ2v) is 3.47. The quantitative estimate of drug-likeness (QED) is 0.677. The van der Waals surface area contributed by atoms with Crippen LogP contribution in [0.4, 0.5) is 0 Å². The van der Waals surface area contributed by atoms with Crippen LogP contribution in [0.3, 0.4) is 0 Å². The maximum Gasteiger partial charge on any atom is 0.225 e. The second-order valence-electron chi connectivity index (χ2n) is 3.10. The molecule has 1 nitrogen and oxygen atoms in total. The fourth-order valence-electron chi connectivity index (χ4n) is 1.28. The molecule has 1 unspecified atom stereocenters. The molecule has 0 heterocycles. The predicted octanol–water partition coefficient (Wildman–Crippen LogP) is 3.02. The van der Waals surface area contributed by atoms with Crippen LogP contribution in [0.25, 0.3) is 0 Å². The summed E-state index contributed by atoms with van der Waals surface area (Å²) in [6.45, 7) is 1.98. The van der Waals surface area contributed by atoms with Crippen molar-refractivity contribution in [3.63, 3.8) is 0 Å². The van der Waals surface area contributed by atoms with Crippen LogP contribution in [0, 0.1) is 5.92 Å². The maximum atomic E-state index is 10.9. The average molecular weight is 197 g/mol. The third kappa shape index (κ3) is 3.19. The Hall–Kier alpha value is -0.820. The summed E-state index contributed by atoms with van der Waals surface area (Å²) >= 11 is 5.45. The Bertz CT molecular complexity index is 269. The number of carbonyl (C=O) groups excluding carboxylic acids is 1. The van der Waals surface area contributed by atoms with E-state index in [-0.39, 0.29) is 11.2 Å². The van der Waals surface area contributed by atoms with Crippen LogP contribution in [-0.2, 0) is 11.2 Å². The molecule has 70 valence electrons. The van der Waals surface area contributed by atoms with E-state index in [1.807, 2.05) is 37.3 Å². The lowest BCUT2D eigenvalue weighted by molar-refractivity contribution is -0.115. The lowest BCUT2D eigenvalue weighted by Crippen LogP contribution is -2.10. The highest BCUT2D eigenvalue weighted by molar-refractivity contribution is 6.63. The van der Waals surface area contributed by atoms with Crippen molar-refractivity contribution in [2.45, 2.75) is 19.8 Å². The fraction of sp³-hybridized carbons (Fsp3) is 0.364. The SMILES string of the molecule is CCC(Cc1ccccc1)C(=O)Cl. The van der Waals surface area contributed by atoms with Gasteiger partial charge in [-0.05, 0) is 30.0 Å². The normalized spacial score (nSPS) is 12.5. The van der Waals surface area contributed by atoms with E-state index < -0.39 is 0 Å². The van der Waals surface area contributed by atoms with Gasteiger partial charge < -0.3 is 0 Å². The summed E-state index contributed by atoms with van der Waals surface area (Å²) in [5, 5.41) is -0.230. The van der Waals surface area contributed by atoms with Gasteiger partial charge in [0.1, 0.15) is 0 Å². The first-order valence-corrected chi connectivity index (χ1v) is 4.85. The van der Waals surface area contributed by atoms with Gasteiger partial charge in [0, 0.05) is 5.92 Å². The molecule has 1 aromatic rings. The number of hydrogen-bond donors (Lipinski definition) is 0. The molecular formula is C11H13ClO. The van der Waals surface area contributed by atoms with E-state index in [2.05, 4.69) is 0 Å². The summed E-state index contributed by atoms with van der Waals surface area (Å²) < 4.78 is 0. The zero-order chi connectivity index (χ0) is 9.68. The second kappa shape index (κ2) is 5.03. The zero-order valence-electron chi connectivity index (χ0n) is 7.66. The molecule has 1 atom stereocenters. The number of rotatable bonds is 4. The molecule has 1 aromatic carbocycles. The van der Waals surface area contributed by atoms with E-state index in [0.717, 1.165) is 12.8 Å². The molecule has 0 amide bonds. The Labute approximate surface area is 83.7 Å². The van der Waals surface area contributed by atoms with Gasteiger partial charge in [0.15, 0.2) is 0 Å². The molecular weight excluding hydrogens is 184 g/mol. The fourth-order valence-corrected chi connectivity index (χ4v) is 1.52. The molecule has 0 spiro atoms. The van der Waals surface area contributed by atoms with Crippen LogP contribution >= 0.6 is 11.6 Å². The minimum atomic E-state index is -0.230. The molecule has 0 fully saturated rings. The van der Waals surface area contributed by atoms with Gasteiger partial charge >= 0.3 is 0 Å². The van der Waals surface area contributed by atoms with E-state index in [9.17, 15) is 4.79 Å². The minimum absolute atomic E-state index is 0.0379. The molecule has 0 bridgehead atoms. The highest BCUT2D eigenvalue weighted by Gasteiger charge is 2.13. The van der Waals surface area contributed by atoms with Crippen LogP contribution in [-0.4, -0.2) is 5.24 Å². The first kappa shape index (κ1) is 10.3. The topological polar surface area (TPSA) is 17.1 Å². The van der Waals surface area contributed by atoms with E-state index in [1.165, 1.54) is 5.56 Å². The van der Waals surface area contributed by atoms with Gasteiger partial charge in [-0.15, -0.1) is 0 Å². The van der Waals surface area contributed by atoms with Gasteiger partial charge in [0.25, 0.3) is 0 Å². The Balaban J connectivity index is 2.62. The van der Waals surface area contributed by atoms with Gasteiger partial charge in [0.05, 0.1) is 0 Å².